The molecule has 0 amide bonds. The second-order valence-electron chi connectivity index (χ2n) is 12.1. The normalized spacial score (nSPS) is 11.8. The molecule has 0 bridgehead atoms. The van der Waals surface area contributed by atoms with Gasteiger partial charge in [0.2, 0.25) is 0 Å². The van der Waals surface area contributed by atoms with Crippen molar-refractivity contribution in [2.24, 2.45) is 0 Å². The summed E-state index contributed by atoms with van der Waals surface area (Å²) >= 11 is 0. The van der Waals surface area contributed by atoms with Gasteiger partial charge in [0.05, 0.1) is 27.6 Å². The second-order valence-corrected chi connectivity index (χ2v) is 12.1. The molecule has 0 N–H and O–H groups in total. The van der Waals surface area contributed by atoms with Crippen LogP contribution in [0.25, 0.3) is 83.0 Å². The Morgan fingerprint density at radius 1 is 0.383 bits per heavy atom. The first kappa shape index (κ1) is 25.9. The SMILES string of the molecule is c1ccc(-n2ccc3c4cc5c(cc4ccc32)c2ccccc2n5-c2ccc(-c3nc4ccccc4n3-c3ccccc3)cc2)cc1. The molecular formula is C43H28N4. The van der Waals surface area contributed by atoms with Gasteiger partial charge >= 0.3 is 0 Å². The lowest BCUT2D eigenvalue weighted by molar-refractivity contribution is 1.10. The van der Waals surface area contributed by atoms with E-state index in [1.807, 2.05) is 6.07 Å². The molecule has 0 spiro atoms. The molecule has 3 heterocycles. The summed E-state index contributed by atoms with van der Waals surface area (Å²) in [5.74, 6) is 0.933. The number of rotatable bonds is 4. The molecule has 10 rings (SSSR count). The van der Waals surface area contributed by atoms with Crippen LogP contribution in [0.3, 0.4) is 0 Å². The van der Waals surface area contributed by atoms with E-state index in [9.17, 15) is 0 Å². The molecule has 10 aromatic rings. The van der Waals surface area contributed by atoms with Crippen molar-refractivity contribution in [3.05, 3.63) is 170 Å². The number of hydrogen-bond donors (Lipinski definition) is 0. The molecule has 0 aliphatic rings. The van der Waals surface area contributed by atoms with Crippen molar-refractivity contribution >= 4 is 54.5 Å². The Morgan fingerprint density at radius 3 is 1.85 bits per heavy atom. The van der Waals surface area contributed by atoms with Gasteiger partial charge in [-0.15, -0.1) is 0 Å². The summed E-state index contributed by atoms with van der Waals surface area (Å²) in [6, 6.07) is 58.5. The largest absolute Gasteiger partial charge is 0.317 e. The standard InChI is InChI=1S/C43H28N4/c1-3-11-31(12-4-1)45-26-25-35-36-28-42-37(27-30(36)21-24-39(35)45)34-15-7-9-17-40(34)46(42)33-22-19-29(20-23-33)43-44-38-16-8-10-18-41(38)47(43)32-13-5-2-6-14-32/h1-28H. The second kappa shape index (κ2) is 10.1. The predicted octanol–water partition coefficient (Wildman–Crippen LogP) is 10.9. The van der Waals surface area contributed by atoms with Gasteiger partial charge in [0, 0.05) is 45.0 Å². The van der Waals surface area contributed by atoms with Gasteiger partial charge in [0.1, 0.15) is 5.82 Å². The van der Waals surface area contributed by atoms with E-state index in [0.29, 0.717) is 0 Å². The van der Waals surface area contributed by atoms with Crippen molar-refractivity contribution < 1.29 is 0 Å². The summed E-state index contributed by atoms with van der Waals surface area (Å²) in [6.45, 7) is 0. The average Bonchev–Trinajstić information content (AvgIpc) is 3.84. The molecule has 220 valence electrons. The van der Waals surface area contributed by atoms with Gasteiger partial charge in [-0.05, 0) is 102 Å². The molecule has 7 aromatic carbocycles. The third-order valence-corrected chi connectivity index (χ3v) is 9.47. The highest BCUT2D eigenvalue weighted by Gasteiger charge is 2.17. The van der Waals surface area contributed by atoms with Crippen LogP contribution in [0.2, 0.25) is 0 Å². The van der Waals surface area contributed by atoms with E-state index in [2.05, 4.69) is 178 Å². The lowest BCUT2D eigenvalue weighted by Gasteiger charge is -2.12. The zero-order chi connectivity index (χ0) is 30.9. The molecular weight excluding hydrogens is 573 g/mol. The summed E-state index contributed by atoms with van der Waals surface area (Å²) in [4.78, 5) is 5.09. The van der Waals surface area contributed by atoms with Gasteiger partial charge in [-0.25, -0.2) is 4.98 Å². The summed E-state index contributed by atoms with van der Waals surface area (Å²) in [6.07, 6.45) is 2.18. The molecule has 47 heavy (non-hydrogen) atoms. The minimum atomic E-state index is 0.933. The minimum Gasteiger partial charge on any atom is -0.317 e. The van der Waals surface area contributed by atoms with Gasteiger partial charge < -0.3 is 9.13 Å². The molecule has 0 saturated carbocycles. The molecule has 4 nitrogen and oxygen atoms in total. The van der Waals surface area contributed by atoms with Gasteiger partial charge in [-0.3, -0.25) is 4.57 Å². The first-order valence-electron chi connectivity index (χ1n) is 16.0. The lowest BCUT2D eigenvalue weighted by atomic mass is 10.0. The average molecular weight is 601 g/mol. The number of para-hydroxylation sites is 5. The number of fused-ring (bicyclic) bond motifs is 7. The van der Waals surface area contributed by atoms with Crippen LogP contribution in [0.5, 0.6) is 0 Å². The van der Waals surface area contributed by atoms with Crippen LogP contribution in [0, 0.1) is 0 Å². The van der Waals surface area contributed by atoms with Crippen LogP contribution < -0.4 is 0 Å². The van der Waals surface area contributed by atoms with Crippen molar-refractivity contribution in [3.8, 4) is 28.5 Å². The third kappa shape index (κ3) is 3.92. The Hall–Kier alpha value is -6.39. The van der Waals surface area contributed by atoms with E-state index in [1.54, 1.807) is 0 Å². The van der Waals surface area contributed by atoms with Crippen LogP contribution in [-0.4, -0.2) is 18.7 Å². The zero-order valence-electron chi connectivity index (χ0n) is 25.5. The van der Waals surface area contributed by atoms with Crippen LogP contribution in [0.15, 0.2) is 170 Å². The Kier molecular flexibility index (Phi) is 5.54. The van der Waals surface area contributed by atoms with E-state index in [4.69, 9.17) is 4.98 Å². The molecule has 0 unspecified atom stereocenters. The number of nitrogens with zero attached hydrogens (tertiary/aromatic N) is 4. The zero-order valence-corrected chi connectivity index (χ0v) is 25.5. The molecule has 4 heteroatoms. The van der Waals surface area contributed by atoms with Crippen LogP contribution in [0.4, 0.5) is 0 Å². The summed E-state index contributed by atoms with van der Waals surface area (Å²) < 4.78 is 6.93. The predicted molar refractivity (Wildman–Crippen MR) is 195 cm³/mol. The van der Waals surface area contributed by atoms with Crippen LogP contribution in [0.1, 0.15) is 0 Å². The lowest BCUT2D eigenvalue weighted by Crippen LogP contribution is -1.98. The summed E-state index contributed by atoms with van der Waals surface area (Å²) in [5, 5.41) is 6.25. The summed E-state index contributed by atoms with van der Waals surface area (Å²) in [7, 11) is 0. The van der Waals surface area contributed by atoms with E-state index in [0.717, 1.165) is 39.5 Å². The van der Waals surface area contributed by atoms with E-state index in [-0.39, 0.29) is 0 Å². The summed E-state index contributed by atoms with van der Waals surface area (Å²) in [5.41, 5.74) is 10.1. The highest BCUT2D eigenvalue weighted by atomic mass is 15.1. The topological polar surface area (TPSA) is 27.7 Å². The van der Waals surface area contributed by atoms with E-state index in [1.165, 1.54) is 43.5 Å². The van der Waals surface area contributed by atoms with E-state index < -0.39 is 0 Å². The van der Waals surface area contributed by atoms with Crippen molar-refractivity contribution in [1.29, 1.82) is 0 Å². The smallest absolute Gasteiger partial charge is 0.145 e. The Balaban J connectivity index is 1.17. The van der Waals surface area contributed by atoms with Crippen molar-refractivity contribution in [2.45, 2.75) is 0 Å². The number of hydrogen-bond acceptors (Lipinski definition) is 1. The molecule has 3 aromatic heterocycles. The highest BCUT2D eigenvalue weighted by Crippen LogP contribution is 2.38. The first-order chi connectivity index (χ1) is 23.3. The first-order valence-corrected chi connectivity index (χ1v) is 16.0. The fourth-order valence-electron chi connectivity index (χ4n) is 7.32. The fraction of sp³-hybridized carbons (Fsp3) is 0. The van der Waals surface area contributed by atoms with Crippen molar-refractivity contribution in [3.63, 3.8) is 0 Å². The van der Waals surface area contributed by atoms with Crippen molar-refractivity contribution in [1.82, 2.24) is 18.7 Å². The van der Waals surface area contributed by atoms with Crippen LogP contribution in [-0.2, 0) is 0 Å². The fourth-order valence-corrected chi connectivity index (χ4v) is 7.32. The minimum absolute atomic E-state index is 0.933. The number of benzene rings is 7. The molecule has 0 atom stereocenters. The maximum absolute atomic E-state index is 5.09. The van der Waals surface area contributed by atoms with Gasteiger partial charge in [0.25, 0.3) is 0 Å². The maximum atomic E-state index is 5.09. The highest BCUT2D eigenvalue weighted by molar-refractivity contribution is 6.18. The third-order valence-electron chi connectivity index (χ3n) is 9.47. The monoisotopic (exact) mass is 600 g/mol. The Labute approximate surface area is 271 Å². The maximum Gasteiger partial charge on any atom is 0.145 e. The molecule has 0 aliphatic carbocycles. The molecule has 0 radical (unpaired) electrons. The number of aromatic nitrogens is 4. The van der Waals surface area contributed by atoms with E-state index >= 15 is 0 Å². The van der Waals surface area contributed by atoms with Crippen LogP contribution >= 0.6 is 0 Å². The molecule has 0 saturated heterocycles. The van der Waals surface area contributed by atoms with Crippen molar-refractivity contribution in [2.75, 3.05) is 0 Å². The quantitative estimate of drug-likeness (QED) is 0.197. The Bertz CT molecular complexity index is 2760. The number of imidazole rings is 1. The van der Waals surface area contributed by atoms with Gasteiger partial charge in [0.15, 0.2) is 0 Å². The Morgan fingerprint density at radius 2 is 1.04 bits per heavy atom. The molecule has 0 fully saturated rings. The molecule has 0 aliphatic heterocycles. The van der Waals surface area contributed by atoms with Gasteiger partial charge in [-0.2, -0.15) is 0 Å². The van der Waals surface area contributed by atoms with Gasteiger partial charge in [-0.1, -0.05) is 72.8 Å².